The van der Waals surface area contributed by atoms with Crippen LogP contribution < -0.4 is 10.6 Å². The molecular weight excluding hydrogens is 350 g/mol. The van der Waals surface area contributed by atoms with E-state index in [1.54, 1.807) is 0 Å². The lowest BCUT2D eigenvalue weighted by Crippen LogP contribution is -2.50. The van der Waals surface area contributed by atoms with Gasteiger partial charge in [-0.1, -0.05) is 20.3 Å². The first kappa shape index (κ1) is 23.2. The van der Waals surface area contributed by atoms with E-state index < -0.39 is 0 Å². The monoisotopic (exact) mass is 387 g/mol. The van der Waals surface area contributed by atoms with Crippen LogP contribution in [0.15, 0.2) is 0 Å². The lowest BCUT2D eigenvalue weighted by atomic mass is 9.84. The Bertz CT molecular complexity index is 441. The summed E-state index contributed by atoms with van der Waals surface area (Å²) >= 11 is 0. The zero-order valence-electron chi connectivity index (χ0n) is 16.8. The first-order valence-electron chi connectivity index (χ1n) is 10.3. The third-order valence-electron chi connectivity index (χ3n) is 6.04. The standard InChI is InChI=1S/C20H37N3O2.ClH/c1-4-5-11-22-20(25)18-9-8-16(3)23(14-18)19(24)12-15(2)17-7-6-10-21-13-17;/h15-18,21H,4-14H2,1-3H3,(H,22,25);1H. The number of carbonyl (C=O) groups excluding carboxylic acids is 2. The minimum absolute atomic E-state index is 0. The van der Waals surface area contributed by atoms with Crippen molar-refractivity contribution in [1.82, 2.24) is 15.5 Å². The van der Waals surface area contributed by atoms with Gasteiger partial charge < -0.3 is 15.5 Å². The highest BCUT2D eigenvalue weighted by Crippen LogP contribution is 2.27. The molecule has 2 N–H and O–H groups in total. The number of nitrogens with zero attached hydrogens (tertiary/aromatic N) is 1. The molecule has 0 aromatic rings. The van der Waals surface area contributed by atoms with Crippen LogP contribution in [0.2, 0.25) is 0 Å². The summed E-state index contributed by atoms with van der Waals surface area (Å²) in [4.78, 5) is 27.2. The Morgan fingerprint density at radius 1 is 1.27 bits per heavy atom. The molecule has 0 aliphatic carbocycles. The second-order valence-corrected chi connectivity index (χ2v) is 8.10. The molecule has 4 unspecified atom stereocenters. The zero-order chi connectivity index (χ0) is 18.2. The molecule has 0 radical (unpaired) electrons. The largest absolute Gasteiger partial charge is 0.356 e. The summed E-state index contributed by atoms with van der Waals surface area (Å²) in [5, 5.41) is 6.48. The fraction of sp³-hybridized carbons (Fsp3) is 0.900. The van der Waals surface area contributed by atoms with Crippen molar-refractivity contribution in [2.24, 2.45) is 17.8 Å². The SMILES string of the molecule is CCCCNC(=O)C1CCC(C)N(C(=O)CC(C)C2CCCNC2)C1.Cl. The first-order chi connectivity index (χ1) is 12.0. The molecule has 2 aliphatic rings. The number of hydrogen-bond acceptors (Lipinski definition) is 3. The number of halogens is 1. The van der Waals surface area contributed by atoms with Gasteiger partial charge in [-0.25, -0.2) is 0 Å². The summed E-state index contributed by atoms with van der Waals surface area (Å²) < 4.78 is 0. The van der Waals surface area contributed by atoms with Gasteiger partial charge in [-0.3, -0.25) is 9.59 Å². The Hall–Kier alpha value is -0.810. The van der Waals surface area contributed by atoms with Gasteiger partial charge in [0.2, 0.25) is 11.8 Å². The molecule has 0 aromatic heterocycles. The predicted octanol–water partition coefficient (Wildman–Crippen LogP) is 2.98. The van der Waals surface area contributed by atoms with Gasteiger partial charge in [0, 0.05) is 25.6 Å². The Morgan fingerprint density at radius 2 is 2.04 bits per heavy atom. The number of piperidine rings is 2. The van der Waals surface area contributed by atoms with E-state index in [4.69, 9.17) is 0 Å². The Balaban J connectivity index is 0.00000338. The van der Waals surface area contributed by atoms with Crippen LogP contribution in [0, 0.1) is 17.8 Å². The smallest absolute Gasteiger partial charge is 0.224 e. The summed E-state index contributed by atoms with van der Waals surface area (Å²) in [6.07, 6.45) is 6.97. The first-order valence-corrected chi connectivity index (χ1v) is 10.3. The quantitative estimate of drug-likeness (QED) is 0.660. The molecule has 4 atom stereocenters. The summed E-state index contributed by atoms with van der Waals surface area (Å²) in [5.41, 5.74) is 0. The minimum atomic E-state index is -0.0383. The van der Waals surface area contributed by atoms with Crippen LogP contribution in [0.25, 0.3) is 0 Å². The zero-order valence-corrected chi connectivity index (χ0v) is 17.6. The molecule has 26 heavy (non-hydrogen) atoms. The molecule has 2 aliphatic heterocycles. The number of likely N-dealkylation sites (tertiary alicyclic amines) is 1. The highest BCUT2D eigenvalue weighted by atomic mass is 35.5. The molecule has 2 fully saturated rings. The van der Waals surface area contributed by atoms with Gasteiger partial charge >= 0.3 is 0 Å². The van der Waals surface area contributed by atoms with Crippen molar-refractivity contribution in [3.8, 4) is 0 Å². The second-order valence-electron chi connectivity index (χ2n) is 8.10. The molecule has 0 spiro atoms. The summed E-state index contributed by atoms with van der Waals surface area (Å²) in [7, 11) is 0. The van der Waals surface area contributed by atoms with Gasteiger partial charge in [0.1, 0.15) is 0 Å². The summed E-state index contributed by atoms with van der Waals surface area (Å²) in [6, 6.07) is 0.254. The number of amides is 2. The highest BCUT2D eigenvalue weighted by molar-refractivity contribution is 5.85. The Morgan fingerprint density at radius 3 is 2.69 bits per heavy atom. The van der Waals surface area contributed by atoms with Crippen LogP contribution in [0.5, 0.6) is 0 Å². The van der Waals surface area contributed by atoms with E-state index in [2.05, 4.69) is 31.4 Å². The van der Waals surface area contributed by atoms with Crippen LogP contribution in [-0.4, -0.2) is 48.9 Å². The highest BCUT2D eigenvalue weighted by Gasteiger charge is 2.33. The number of hydrogen-bond donors (Lipinski definition) is 2. The van der Waals surface area contributed by atoms with E-state index >= 15 is 0 Å². The van der Waals surface area contributed by atoms with Crippen LogP contribution in [0.1, 0.15) is 65.7 Å². The normalized spacial score (nSPS) is 27.3. The predicted molar refractivity (Wildman–Crippen MR) is 108 cm³/mol. The van der Waals surface area contributed by atoms with Crippen molar-refractivity contribution in [3.05, 3.63) is 0 Å². The number of carbonyl (C=O) groups is 2. The molecule has 0 saturated carbocycles. The van der Waals surface area contributed by atoms with Gasteiger partial charge in [0.15, 0.2) is 0 Å². The lowest BCUT2D eigenvalue weighted by molar-refractivity contribution is -0.139. The lowest BCUT2D eigenvalue weighted by Gasteiger charge is -2.38. The average molecular weight is 388 g/mol. The third kappa shape index (κ3) is 6.73. The molecular formula is C20H38ClN3O2. The van der Waals surface area contributed by atoms with Gasteiger partial charge in [-0.15, -0.1) is 12.4 Å². The minimum Gasteiger partial charge on any atom is -0.356 e. The van der Waals surface area contributed by atoms with Crippen molar-refractivity contribution in [1.29, 1.82) is 0 Å². The molecule has 6 heteroatoms. The maximum atomic E-state index is 12.9. The van der Waals surface area contributed by atoms with E-state index in [1.165, 1.54) is 12.8 Å². The summed E-state index contributed by atoms with van der Waals surface area (Å²) in [6.45, 7) is 9.93. The fourth-order valence-electron chi connectivity index (χ4n) is 4.13. The third-order valence-corrected chi connectivity index (χ3v) is 6.04. The summed E-state index contributed by atoms with van der Waals surface area (Å²) in [5.74, 6) is 1.33. The van der Waals surface area contributed by atoms with Gasteiger partial charge in [0.05, 0.1) is 5.92 Å². The van der Waals surface area contributed by atoms with Crippen molar-refractivity contribution >= 4 is 24.2 Å². The fourth-order valence-corrected chi connectivity index (χ4v) is 4.13. The van der Waals surface area contributed by atoms with Crippen molar-refractivity contribution in [2.75, 3.05) is 26.2 Å². The van der Waals surface area contributed by atoms with Crippen LogP contribution in [0.4, 0.5) is 0 Å². The van der Waals surface area contributed by atoms with Crippen molar-refractivity contribution in [3.63, 3.8) is 0 Å². The number of nitrogens with one attached hydrogen (secondary N) is 2. The van der Waals surface area contributed by atoms with E-state index in [0.29, 0.717) is 24.8 Å². The van der Waals surface area contributed by atoms with Crippen LogP contribution in [-0.2, 0) is 9.59 Å². The van der Waals surface area contributed by atoms with Gasteiger partial charge in [-0.2, -0.15) is 0 Å². The molecule has 2 rings (SSSR count). The molecule has 0 aromatic carbocycles. The average Bonchev–Trinajstić information content (AvgIpc) is 2.62. The maximum Gasteiger partial charge on any atom is 0.224 e. The topological polar surface area (TPSA) is 61.4 Å². The Kier molecular flexibility index (Phi) is 10.6. The molecule has 5 nitrogen and oxygen atoms in total. The molecule has 2 heterocycles. The van der Waals surface area contributed by atoms with E-state index in [-0.39, 0.29) is 36.2 Å². The van der Waals surface area contributed by atoms with Gasteiger partial charge in [0.25, 0.3) is 0 Å². The van der Waals surface area contributed by atoms with Crippen LogP contribution >= 0.6 is 12.4 Å². The number of unbranched alkanes of at least 4 members (excludes halogenated alkanes) is 1. The van der Waals surface area contributed by atoms with Gasteiger partial charge in [-0.05, 0) is 64.0 Å². The van der Waals surface area contributed by atoms with Crippen molar-refractivity contribution < 1.29 is 9.59 Å². The second kappa shape index (κ2) is 11.8. The van der Waals surface area contributed by atoms with E-state index in [1.807, 2.05) is 4.90 Å². The van der Waals surface area contributed by atoms with E-state index in [0.717, 1.165) is 45.3 Å². The molecule has 2 amide bonds. The Labute approximate surface area is 165 Å². The molecule has 0 bridgehead atoms. The molecule has 152 valence electrons. The molecule has 2 saturated heterocycles. The van der Waals surface area contributed by atoms with Crippen LogP contribution in [0.3, 0.4) is 0 Å². The number of rotatable bonds is 7. The van der Waals surface area contributed by atoms with E-state index in [9.17, 15) is 9.59 Å². The maximum absolute atomic E-state index is 12.9. The van der Waals surface area contributed by atoms with Crippen molar-refractivity contribution in [2.45, 2.75) is 71.8 Å².